The fraction of sp³-hybridized carbons (Fsp3) is 0.443. The van der Waals surface area contributed by atoms with Gasteiger partial charge in [-0.15, -0.1) is 0 Å². The number of amides is 1. The van der Waals surface area contributed by atoms with Gasteiger partial charge in [0, 0.05) is 97.0 Å². The summed E-state index contributed by atoms with van der Waals surface area (Å²) in [5, 5.41) is 11.7. The van der Waals surface area contributed by atoms with Crippen molar-refractivity contribution in [1.82, 2.24) is 30.4 Å². The number of likely N-dealkylation sites (N-methyl/N-ethyl adjacent to an activating group) is 4. The summed E-state index contributed by atoms with van der Waals surface area (Å²) in [6.45, 7) is 2.99. The molecule has 5 unspecified atom stereocenters. The molecule has 93 heavy (non-hydrogen) atoms. The quantitative estimate of drug-likeness (QED) is 0.0345. The molecule has 6 aromatic rings. The molecule has 23 heteroatoms. The Morgan fingerprint density at radius 2 is 0.968 bits per heavy atom. The van der Waals surface area contributed by atoms with E-state index in [-0.39, 0.29) is 36.9 Å². The van der Waals surface area contributed by atoms with Crippen molar-refractivity contribution in [2.75, 3.05) is 74.5 Å². The fourth-order valence-corrected chi connectivity index (χ4v) is 15.8. The number of benzene rings is 5. The van der Waals surface area contributed by atoms with Gasteiger partial charge in [-0.25, -0.2) is 9.97 Å². The van der Waals surface area contributed by atoms with E-state index in [1.54, 1.807) is 25.1 Å². The highest BCUT2D eigenvalue weighted by molar-refractivity contribution is 9.11. The summed E-state index contributed by atoms with van der Waals surface area (Å²) in [6, 6.07) is 31.5. The number of thioether (sulfide) groups is 1. The Kier molecular flexibility index (Phi) is 30.9. The van der Waals surface area contributed by atoms with Crippen LogP contribution in [-0.2, 0) is 78.5 Å². The number of aromatic nitrogens is 2. The highest BCUT2D eigenvalue weighted by Gasteiger charge is 2.42. The summed E-state index contributed by atoms with van der Waals surface area (Å²) in [5.74, 6) is -0.392. The molecule has 2 spiro atoms. The van der Waals surface area contributed by atoms with Gasteiger partial charge in [-0.3, -0.25) is 25.0 Å². The largest absolute Gasteiger partial charge is 0.468 e. The molecule has 0 fully saturated rings. The average molecular weight is 1540 g/mol. The van der Waals surface area contributed by atoms with Gasteiger partial charge in [0.15, 0.2) is 0 Å². The molecule has 0 saturated heterocycles. The summed E-state index contributed by atoms with van der Waals surface area (Å²) >= 11 is 16.0. The smallest absolute Gasteiger partial charge is 0.326 e. The van der Waals surface area contributed by atoms with Gasteiger partial charge >= 0.3 is 5.97 Å². The third kappa shape index (κ3) is 20.6. The first kappa shape index (κ1) is 78.4. The second-order valence-electron chi connectivity index (χ2n) is 24.6. The minimum atomic E-state index is -0.859. The predicted octanol–water partition coefficient (Wildman–Crippen LogP) is 9.76. The molecule has 3 heterocycles. The van der Waals surface area contributed by atoms with E-state index < -0.39 is 11.1 Å². The number of methoxy groups -OCH3 is 1. The van der Waals surface area contributed by atoms with Crippen LogP contribution in [0.2, 0.25) is 0 Å². The minimum absolute atomic E-state index is 0. The van der Waals surface area contributed by atoms with E-state index in [2.05, 4.69) is 174 Å². The molecular formula is C70H94BBr4N14O3S. The molecular weight excluding hydrogens is 1450 g/mol. The molecule has 17 nitrogen and oxygen atoms in total. The van der Waals surface area contributed by atoms with Crippen LogP contribution in [0.15, 0.2) is 138 Å². The van der Waals surface area contributed by atoms with E-state index in [1.807, 2.05) is 81.0 Å². The molecule has 5 aliphatic carbocycles. The predicted molar refractivity (Wildman–Crippen MR) is 401 cm³/mol. The van der Waals surface area contributed by atoms with Gasteiger partial charge in [0.1, 0.15) is 11.9 Å². The lowest BCUT2D eigenvalue weighted by Gasteiger charge is -2.35. The fourth-order valence-electron chi connectivity index (χ4n) is 13.3. The average Bonchev–Trinajstić information content (AvgIpc) is 1.79. The van der Waals surface area contributed by atoms with Gasteiger partial charge in [-0.05, 0) is 202 Å². The van der Waals surface area contributed by atoms with Crippen LogP contribution < -0.4 is 39.3 Å². The number of esters is 1. The Labute approximate surface area is 591 Å². The first-order chi connectivity index (χ1) is 44.0. The number of aliphatic imine (C=N–C) groups is 2. The Morgan fingerprint density at radius 1 is 0.602 bits per heavy atom. The van der Waals surface area contributed by atoms with E-state index in [4.69, 9.17) is 37.3 Å². The zero-order valence-corrected chi connectivity index (χ0v) is 62.3. The standard InChI is InChI=1S/C17H18N4.C13H15BrN2.C12H15BrN2O.C12H17BrN2.C12H14BrNO2.C2H6S.CH4N2.CH5N.B/c1-21-10-17(20-12-21)6-5-16-13(7-17)3-2-4-15(16)14-8-18-11-19-9-14;1-16-8-13(15-9-16)6-5-11-10(7-13)3-2-4-12(11)14;1-15-11(16)12(14)6-5-9-8(7-12)3-2-4-10(9)13;1-15-8-12(14)6-5-10-9(7-12)3-2-4-11(10)13;1-16-11(15)12(14)6-5-9-8(7-12)3-2-4-10(9)13;1-3-2;2-1-3;1-2;/h2-4,8-9,11-12H,5-7,10H2,1H3;2-4,9H,5-8H2,1H3;2-4H,5-7,14H2,1H3,(H,15,16);2-4,15H,5-8,14H2,1H3;2-4H,5-7,14H2,1H3;1-2H3;1H,(H3,2,3);2H2,1H3;. The number of ether oxygens (including phenoxy) is 1. The normalized spacial score (nSPS) is 22.6. The van der Waals surface area contributed by atoms with Gasteiger partial charge < -0.3 is 53.8 Å². The molecule has 2 aliphatic heterocycles. The summed E-state index contributed by atoms with van der Waals surface area (Å²) in [4.78, 5) is 45.6. The van der Waals surface area contributed by atoms with Crippen LogP contribution in [0.1, 0.15) is 87.7 Å². The number of nitrogens with one attached hydrogen (secondary N) is 3. The van der Waals surface area contributed by atoms with Crippen molar-refractivity contribution in [3.05, 3.63) is 183 Å². The van der Waals surface area contributed by atoms with Gasteiger partial charge in [0.2, 0.25) is 5.91 Å². The number of carbonyl (C=O) groups is 2. The molecule has 0 saturated carbocycles. The molecule has 3 radical (unpaired) electrons. The number of halogens is 4. The van der Waals surface area contributed by atoms with Crippen LogP contribution in [0.3, 0.4) is 0 Å². The van der Waals surface area contributed by atoms with Crippen molar-refractivity contribution in [2.24, 2.45) is 38.7 Å². The second-order valence-corrected chi connectivity index (χ2v) is 28.8. The van der Waals surface area contributed by atoms with Crippen molar-refractivity contribution in [3.63, 3.8) is 0 Å². The molecule has 1 aromatic heterocycles. The summed E-state index contributed by atoms with van der Waals surface area (Å²) in [6.07, 6.45) is 28.1. The van der Waals surface area contributed by atoms with Crippen LogP contribution in [0, 0.1) is 5.41 Å². The monoisotopic (exact) mass is 1540 g/mol. The Hall–Kier alpha value is -5.34. The highest BCUT2D eigenvalue weighted by atomic mass is 79.9. The van der Waals surface area contributed by atoms with Crippen LogP contribution >= 0.6 is 75.5 Å². The molecule has 0 bridgehead atoms. The van der Waals surface area contributed by atoms with E-state index in [9.17, 15) is 9.59 Å². The van der Waals surface area contributed by atoms with Gasteiger partial charge in [0.25, 0.3) is 0 Å². The SMILES string of the molecule is CN.CN1C=NC2(CCc3c(Br)cccc3C2)C1.CN1C=NC2(CCc3c(cccc3-c3cncnc3)C2)C1.CNC(=O)C1(N)CCc2c(Br)cccc2C1.CNCC1(N)CCc2c(Br)cccc2C1.COC(=O)C1(N)CCc2c(Br)cccc2C1.CSC.N=CN.[B]. The lowest BCUT2D eigenvalue weighted by atomic mass is 9.76. The van der Waals surface area contributed by atoms with E-state index in [0.717, 1.165) is 110 Å². The number of rotatable bonds is 5. The van der Waals surface area contributed by atoms with Crippen LogP contribution in [0.25, 0.3) is 11.1 Å². The summed E-state index contributed by atoms with van der Waals surface area (Å²) in [7, 11) is 10.7. The number of nitrogens with two attached hydrogens (primary N) is 5. The molecule has 7 aliphatic rings. The Bertz CT molecular complexity index is 3340. The zero-order chi connectivity index (χ0) is 67.3. The summed E-state index contributed by atoms with van der Waals surface area (Å²) < 4.78 is 9.46. The Balaban J connectivity index is 0.000000205. The van der Waals surface area contributed by atoms with E-state index >= 15 is 0 Å². The summed E-state index contributed by atoms with van der Waals surface area (Å²) in [5.41, 5.74) is 41.9. The number of hydrogen-bond acceptors (Lipinski definition) is 16. The van der Waals surface area contributed by atoms with Gasteiger partial charge in [-0.2, -0.15) is 11.8 Å². The Morgan fingerprint density at radius 3 is 1.38 bits per heavy atom. The van der Waals surface area contributed by atoms with Crippen molar-refractivity contribution < 1.29 is 14.3 Å². The highest BCUT2D eigenvalue weighted by Crippen LogP contribution is 2.40. The van der Waals surface area contributed by atoms with Crippen LogP contribution in [0.5, 0.6) is 0 Å². The second kappa shape index (κ2) is 36.7. The van der Waals surface area contributed by atoms with E-state index in [0.29, 0.717) is 25.7 Å². The maximum Gasteiger partial charge on any atom is 0.326 e. The number of fused-ring (bicyclic) bond motifs is 5. The first-order valence-electron chi connectivity index (χ1n) is 31.0. The van der Waals surface area contributed by atoms with Crippen LogP contribution in [0.4, 0.5) is 0 Å². The maximum absolute atomic E-state index is 11.7. The zero-order valence-electron chi connectivity index (χ0n) is 55.1. The molecule has 13 N–H and O–H groups in total. The maximum atomic E-state index is 11.7. The molecule has 499 valence electrons. The minimum Gasteiger partial charge on any atom is -0.468 e. The third-order valence-corrected chi connectivity index (χ3v) is 20.7. The topological polar surface area (TPSA) is 278 Å². The van der Waals surface area contributed by atoms with Crippen molar-refractivity contribution >= 4 is 115 Å². The molecule has 13 rings (SSSR count). The molecule has 5 aromatic carbocycles. The lowest BCUT2D eigenvalue weighted by Crippen LogP contribution is -2.56. The number of hydrogen-bond donors (Lipinski definition) is 8. The first-order valence-corrected chi connectivity index (χ1v) is 35.8. The third-order valence-electron chi connectivity index (χ3n) is 17.7. The van der Waals surface area contributed by atoms with Crippen molar-refractivity contribution in [2.45, 2.75) is 124 Å². The van der Waals surface area contributed by atoms with Crippen molar-refractivity contribution in [1.29, 1.82) is 5.41 Å². The van der Waals surface area contributed by atoms with E-state index in [1.165, 1.54) is 85.2 Å². The molecule has 5 atom stereocenters. The number of carbonyl (C=O) groups excluding carboxylic acids is 2. The lowest BCUT2D eigenvalue weighted by molar-refractivity contribution is -0.147. The van der Waals surface area contributed by atoms with Gasteiger partial charge in [0.05, 0.1) is 42.7 Å². The van der Waals surface area contributed by atoms with Gasteiger partial charge in [-0.1, -0.05) is 130 Å². The van der Waals surface area contributed by atoms with Crippen molar-refractivity contribution in [3.8, 4) is 11.1 Å². The van der Waals surface area contributed by atoms with Crippen LogP contribution in [-0.4, -0.2) is 161 Å². The molecule has 1 amide bonds. The number of nitrogens with zero attached hydrogens (tertiary/aromatic N) is 6.